The third-order valence-electron chi connectivity index (χ3n) is 5.63. The van der Waals surface area contributed by atoms with Gasteiger partial charge in [0.2, 0.25) is 0 Å². The molecule has 2 amide bonds. The molecule has 0 atom stereocenters. The molecule has 0 radical (unpaired) electrons. The van der Waals surface area contributed by atoms with E-state index in [1.165, 1.54) is 4.90 Å². The summed E-state index contributed by atoms with van der Waals surface area (Å²) >= 11 is 6.16. The van der Waals surface area contributed by atoms with E-state index in [1.807, 2.05) is 18.2 Å². The number of rotatable bonds is 6. The summed E-state index contributed by atoms with van der Waals surface area (Å²) in [5.74, 6) is -0.945. The minimum absolute atomic E-state index is 0.120. The maximum atomic E-state index is 13.1. The monoisotopic (exact) mass is 442 g/mol. The second-order valence-corrected chi connectivity index (χ2v) is 8.49. The number of hydrogen-bond donors (Lipinski definition) is 1. The van der Waals surface area contributed by atoms with Gasteiger partial charge in [-0.05, 0) is 54.8 Å². The van der Waals surface area contributed by atoms with Gasteiger partial charge in [-0.15, -0.1) is 0 Å². The van der Waals surface area contributed by atoms with Crippen LogP contribution in [-0.4, -0.2) is 43.4 Å². The van der Waals surface area contributed by atoms with E-state index in [0.717, 1.165) is 24.8 Å². The molecule has 1 fully saturated rings. The Morgan fingerprint density at radius 3 is 2.32 bits per heavy atom. The Labute approximate surface area is 187 Å². The molecule has 1 saturated carbocycles. The van der Waals surface area contributed by atoms with Gasteiger partial charge in [-0.2, -0.15) is 0 Å². The number of hydrogen-bond acceptors (Lipinski definition) is 4. The Balaban J connectivity index is 1.63. The SMILES string of the molecule is CN(C)C(=O)c1ccc(NC(=O)COC(=O)C2(c3cccc(Cl)c3)CCCCC2)cc1. The maximum Gasteiger partial charge on any atom is 0.317 e. The number of amides is 2. The zero-order chi connectivity index (χ0) is 22.4. The largest absolute Gasteiger partial charge is 0.455 e. The molecule has 2 aromatic carbocycles. The van der Waals surface area contributed by atoms with Crippen molar-refractivity contribution in [2.24, 2.45) is 0 Å². The summed E-state index contributed by atoms with van der Waals surface area (Å²) in [7, 11) is 3.35. The van der Waals surface area contributed by atoms with Gasteiger partial charge in [-0.3, -0.25) is 14.4 Å². The average Bonchev–Trinajstić information content (AvgIpc) is 2.78. The van der Waals surface area contributed by atoms with Gasteiger partial charge in [0.05, 0.1) is 5.41 Å². The van der Waals surface area contributed by atoms with Gasteiger partial charge in [0.15, 0.2) is 6.61 Å². The van der Waals surface area contributed by atoms with Crippen LogP contribution in [0.5, 0.6) is 0 Å². The zero-order valence-electron chi connectivity index (χ0n) is 17.8. The smallest absolute Gasteiger partial charge is 0.317 e. The fourth-order valence-electron chi connectivity index (χ4n) is 3.97. The van der Waals surface area contributed by atoms with E-state index in [2.05, 4.69) is 5.32 Å². The van der Waals surface area contributed by atoms with E-state index >= 15 is 0 Å². The highest BCUT2D eigenvalue weighted by atomic mass is 35.5. The molecule has 0 saturated heterocycles. The van der Waals surface area contributed by atoms with Crippen LogP contribution in [0.25, 0.3) is 0 Å². The summed E-state index contributed by atoms with van der Waals surface area (Å²) < 4.78 is 5.45. The second kappa shape index (κ2) is 9.96. The highest BCUT2D eigenvalue weighted by Crippen LogP contribution is 2.41. The lowest BCUT2D eigenvalue weighted by Crippen LogP contribution is -2.40. The van der Waals surface area contributed by atoms with Gasteiger partial charge in [0.1, 0.15) is 0 Å². The minimum atomic E-state index is -0.766. The van der Waals surface area contributed by atoms with Crippen molar-refractivity contribution in [3.05, 3.63) is 64.7 Å². The Kier molecular flexibility index (Phi) is 7.33. The van der Waals surface area contributed by atoms with Crippen molar-refractivity contribution >= 4 is 35.1 Å². The number of nitrogens with one attached hydrogen (secondary N) is 1. The molecule has 0 aliphatic heterocycles. The highest BCUT2D eigenvalue weighted by molar-refractivity contribution is 6.30. The van der Waals surface area contributed by atoms with Crippen LogP contribution < -0.4 is 5.32 Å². The van der Waals surface area contributed by atoms with Crippen molar-refractivity contribution in [1.82, 2.24) is 4.90 Å². The lowest BCUT2D eigenvalue weighted by Gasteiger charge is -2.35. The van der Waals surface area contributed by atoms with Crippen molar-refractivity contribution in [3.63, 3.8) is 0 Å². The van der Waals surface area contributed by atoms with Crippen LogP contribution in [0.4, 0.5) is 5.69 Å². The van der Waals surface area contributed by atoms with Crippen LogP contribution in [0.15, 0.2) is 48.5 Å². The van der Waals surface area contributed by atoms with E-state index in [4.69, 9.17) is 16.3 Å². The average molecular weight is 443 g/mol. The number of carbonyl (C=O) groups excluding carboxylic acids is 3. The molecule has 31 heavy (non-hydrogen) atoms. The van der Waals surface area contributed by atoms with Crippen LogP contribution in [0, 0.1) is 0 Å². The van der Waals surface area contributed by atoms with Crippen LogP contribution in [-0.2, 0) is 19.7 Å². The molecule has 7 heteroatoms. The lowest BCUT2D eigenvalue weighted by atomic mass is 9.69. The maximum absolute atomic E-state index is 13.1. The molecule has 6 nitrogen and oxygen atoms in total. The number of nitrogens with zero attached hydrogens (tertiary/aromatic N) is 1. The molecule has 0 unspecified atom stereocenters. The van der Waals surface area contributed by atoms with Crippen molar-refractivity contribution in [2.75, 3.05) is 26.0 Å². The summed E-state index contributed by atoms with van der Waals surface area (Å²) in [6.45, 7) is -0.375. The van der Waals surface area contributed by atoms with Crippen LogP contribution >= 0.6 is 11.6 Å². The summed E-state index contributed by atoms with van der Waals surface area (Å²) in [6.07, 6.45) is 4.27. The Bertz CT molecular complexity index is 950. The standard InChI is InChI=1S/C24H27ClN2O4/c1-27(2)22(29)17-9-11-20(12-10-17)26-21(28)16-31-23(30)24(13-4-3-5-14-24)18-7-6-8-19(25)15-18/h6-12,15H,3-5,13-14,16H2,1-2H3,(H,26,28). The highest BCUT2D eigenvalue weighted by Gasteiger charge is 2.42. The molecular weight excluding hydrogens is 416 g/mol. The molecular formula is C24H27ClN2O4. The van der Waals surface area contributed by atoms with Crippen LogP contribution in [0.1, 0.15) is 48.0 Å². The minimum Gasteiger partial charge on any atom is -0.455 e. The van der Waals surface area contributed by atoms with E-state index in [0.29, 0.717) is 29.1 Å². The predicted octanol–water partition coefficient (Wildman–Crippen LogP) is 4.43. The van der Waals surface area contributed by atoms with Crippen LogP contribution in [0.2, 0.25) is 5.02 Å². The molecule has 0 aromatic heterocycles. The van der Waals surface area contributed by atoms with Gasteiger partial charge >= 0.3 is 5.97 Å². The van der Waals surface area contributed by atoms with Crippen LogP contribution in [0.3, 0.4) is 0 Å². The van der Waals surface area contributed by atoms with Gasteiger partial charge in [0.25, 0.3) is 11.8 Å². The van der Waals surface area contributed by atoms with Gasteiger partial charge in [0, 0.05) is 30.4 Å². The first-order chi connectivity index (χ1) is 14.8. The molecule has 1 aliphatic rings. The first-order valence-corrected chi connectivity index (χ1v) is 10.7. The summed E-state index contributed by atoms with van der Waals surface area (Å²) in [5.41, 5.74) is 1.12. The van der Waals surface area contributed by atoms with Gasteiger partial charge < -0.3 is 15.0 Å². The van der Waals surface area contributed by atoms with E-state index in [-0.39, 0.29) is 12.5 Å². The number of benzene rings is 2. The fraction of sp³-hybridized carbons (Fsp3) is 0.375. The Morgan fingerprint density at radius 2 is 1.71 bits per heavy atom. The summed E-state index contributed by atoms with van der Waals surface area (Å²) in [6, 6.07) is 13.9. The zero-order valence-corrected chi connectivity index (χ0v) is 18.6. The number of esters is 1. The Hall–Kier alpha value is -2.86. The molecule has 164 valence electrons. The first kappa shape index (κ1) is 22.8. The first-order valence-electron chi connectivity index (χ1n) is 10.4. The van der Waals surface area contributed by atoms with Crippen molar-refractivity contribution < 1.29 is 19.1 Å². The third-order valence-corrected chi connectivity index (χ3v) is 5.87. The van der Waals surface area contributed by atoms with Gasteiger partial charge in [-0.1, -0.05) is 43.0 Å². The number of anilines is 1. The number of halogens is 1. The number of ether oxygens (including phenoxy) is 1. The molecule has 1 aliphatic carbocycles. The van der Waals surface area contributed by atoms with Crippen molar-refractivity contribution in [1.29, 1.82) is 0 Å². The molecule has 3 rings (SSSR count). The Morgan fingerprint density at radius 1 is 1.03 bits per heavy atom. The summed E-state index contributed by atoms with van der Waals surface area (Å²) in [4.78, 5) is 38.8. The van der Waals surface area contributed by atoms with Crippen molar-refractivity contribution in [3.8, 4) is 0 Å². The predicted molar refractivity (Wildman–Crippen MR) is 120 cm³/mol. The van der Waals surface area contributed by atoms with E-state index in [9.17, 15) is 14.4 Å². The number of carbonyl (C=O) groups is 3. The third kappa shape index (κ3) is 5.44. The molecule has 1 N–H and O–H groups in total. The molecule has 2 aromatic rings. The normalized spacial score (nSPS) is 15.1. The summed E-state index contributed by atoms with van der Waals surface area (Å²) in [5, 5.41) is 3.27. The van der Waals surface area contributed by atoms with E-state index < -0.39 is 17.3 Å². The lowest BCUT2D eigenvalue weighted by molar-refractivity contribution is -0.154. The topological polar surface area (TPSA) is 75.7 Å². The quantitative estimate of drug-likeness (QED) is 0.671. The molecule has 0 heterocycles. The molecule has 0 bridgehead atoms. The van der Waals surface area contributed by atoms with E-state index in [1.54, 1.807) is 44.4 Å². The second-order valence-electron chi connectivity index (χ2n) is 8.05. The van der Waals surface area contributed by atoms with Gasteiger partial charge in [-0.25, -0.2) is 0 Å². The fourth-order valence-corrected chi connectivity index (χ4v) is 4.16. The molecule has 0 spiro atoms. The van der Waals surface area contributed by atoms with Crippen molar-refractivity contribution in [2.45, 2.75) is 37.5 Å².